The summed E-state index contributed by atoms with van der Waals surface area (Å²) in [7, 11) is 0. The molecule has 1 N–H and O–H groups in total. The number of pyridine rings is 1. The molecule has 0 unspecified atom stereocenters. The summed E-state index contributed by atoms with van der Waals surface area (Å²) in [5, 5.41) is 7.52. The molecule has 0 atom stereocenters. The minimum atomic E-state index is -3.27. The van der Waals surface area contributed by atoms with Crippen molar-refractivity contribution in [3.05, 3.63) is 39.2 Å². The lowest BCUT2D eigenvalue weighted by Gasteiger charge is -2.29. The third kappa shape index (κ3) is 7.09. The molecule has 0 aliphatic rings. The van der Waals surface area contributed by atoms with Crippen molar-refractivity contribution in [2.24, 2.45) is 0 Å². The summed E-state index contributed by atoms with van der Waals surface area (Å²) in [6, 6.07) is 1.71. The first-order valence-corrected chi connectivity index (χ1v) is 10.3. The van der Waals surface area contributed by atoms with Gasteiger partial charge < -0.3 is 10.3 Å². The molecular formula is C20H25ClF2IN3O2. The smallest absolute Gasteiger partial charge is 0.267 e. The number of alkyl halides is 3. The van der Waals surface area contributed by atoms with Gasteiger partial charge >= 0.3 is 0 Å². The van der Waals surface area contributed by atoms with E-state index in [1.807, 2.05) is 13.8 Å². The van der Waals surface area contributed by atoms with Gasteiger partial charge in [0, 0.05) is 34.4 Å². The number of hydrogen-bond acceptors (Lipinski definition) is 4. The van der Waals surface area contributed by atoms with Crippen LogP contribution in [-0.4, -0.2) is 50.2 Å². The fourth-order valence-corrected chi connectivity index (χ4v) is 3.57. The number of amides is 1. The number of nitrogens with zero attached hydrogens (tertiary/aromatic N) is 2. The molecule has 5 nitrogen and oxygen atoms in total. The van der Waals surface area contributed by atoms with E-state index < -0.39 is 32.2 Å². The van der Waals surface area contributed by atoms with E-state index in [0.29, 0.717) is 24.4 Å². The standard InChI is InChI=1S/C20H25ClF2IN3O2/c1-11-7-12(2)26-17(21)16(11)15(28)9-27(10-19(4,5)24)18(29)14(8-25)13(3)20(6,22)23/h7-8,25H,9-10H2,1-6H3/b14-13-,25-8?. The van der Waals surface area contributed by atoms with E-state index in [2.05, 4.69) is 27.6 Å². The summed E-state index contributed by atoms with van der Waals surface area (Å²) in [6.45, 7) is 8.68. The molecule has 0 saturated carbocycles. The van der Waals surface area contributed by atoms with Crippen LogP contribution in [0.1, 0.15) is 49.3 Å². The van der Waals surface area contributed by atoms with Crippen molar-refractivity contribution < 1.29 is 18.4 Å². The predicted octanol–water partition coefficient (Wildman–Crippen LogP) is 5.20. The Kier molecular flexibility index (Phi) is 8.47. The number of allylic oxidation sites excluding steroid dienone is 1. The van der Waals surface area contributed by atoms with Crippen molar-refractivity contribution in [3.8, 4) is 0 Å². The van der Waals surface area contributed by atoms with Gasteiger partial charge in [-0.05, 0) is 46.2 Å². The Morgan fingerprint density at radius 3 is 2.28 bits per heavy atom. The predicted molar refractivity (Wildman–Crippen MR) is 120 cm³/mol. The Labute approximate surface area is 188 Å². The Morgan fingerprint density at radius 2 is 1.86 bits per heavy atom. The molecule has 1 aromatic heterocycles. The normalized spacial score (nSPS) is 13.0. The molecule has 29 heavy (non-hydrogen) atoms. The molecule has 9 heteroatoms. The fraction of sp³-hybridized carbons (Fsp3) is 0.500. The van der Waals surface area contributed by atoms with Crippen molar-refractivity contribution >= 4 is 52.1 Å². The molecule has 0 radical (unpaired) electrons. The molecule has 0 fully saturated rings. The Morgan fingerprint density at radius 1 is 1.31 bits per heavy atom. The second-order valence-electron chi connectivity index (χ2n) is 7.62. The maximum absolute atomic E-state index is 13.8. The van der Waals surface area contributed by atoms with E-state index in [1.54, 1.807) is 19.9 Å². The van der Waals surface area contributed by atoms with Gasteiger partial charge in [-0.3, -0.25) is 9.59 Å². The number of carbonyl (C=O) groups excluding carboxylic acids is 2. The summed E-state index contributed by atoms with van der Waals surface area (Å²) in [5.74, 6) is -4.51. The molecule has 0 saturated heterocycles. The summed E-state index contributed by atoms with van der Waals surface area (Å²) < 4.78 is 27.1. The Hall–Kier alpha value is -1.42. The minimum absolute atomic E-state index is 0.0349. The summed E-state index contributed by atoms with van der Waals surface area (Å²) in [6.07, 6.45) is 0.610. The number of Topliss-reactive ketones (excluding diaryl/α,β-unsaturated/α-hetero) is 1. The summed E-state index contributed by atoms with van der Waals surface area (Å²) in [5.41, 5.74) is 0.510. The van der Waals surface area contributed by atoms with Crippen LogP contribution in [0.15, 0.2) is 17.2 Å². The van der Waals surface area contributed by atoms with E-state index >= 15 is 0 Å². The molecule has 1 heterocycles. The monoisotopic (exact) mass is 539 g/mol. The second kappa shape index (κ2) is 9.59. The second-order valence-corrected chi connectivity index (χ2v) is 10.9. The lowest BCUT2D eigenvalue weighted by molar-refractivity contribution is -0.126. The van der Waals surface area contributed by atoms with Gasteiger partial charge in [-0.25, -0.2) is 13.8 Å². The van der Waals surface area contributed by atoms with Crippen LogP contribution in [-0.2, 0) is 4.79 Å². The van der Waals surface area contributed by atoms with E-state index in [1.165, 1.54) is 4.90 Å². The van der Waals surface area contributed by atoms with Crippen molar-refractivity contribution in [2.75, 3.05) is 13.1 Å². The van der Waals surface area contributed by atoms with Gasteiger partial charge in [-0.1, -0.05) is 34.2 Å². The fourth-order valence-electron chi connectivity index (χ4n) is 2.77. The van der Waals surface area contributed by atoms with Crippen molar-refractivity contribution in [1.82, 2.24) is 9.88 Å². The molecule has 1 rings (SSSR count). The molecule has 0 bridgehead atoms. The highest BCUT2D eigenvalue weighted by Crippen LogP contribution is 2.27. The molecule has 0 spiro atoms. The zero-order valence-electron chi connectivity index (χ0n) is 17.3. The van der Waals surface area contributed by atoms with E-state index in [0.717, 1.165) is 6.92 Å². The van der Waals surface area contributed by atoms with Crippen LogP contribution in [0.5, 0.6) is 0 Å². The highest BCUT2D eigenvalue weighted by Gasteiger charge is 2.33. The highest BCUT2D eigenvalue weighted by molar-refractivity contribution is 14.1. The first-order chi connectivity index (χ1) is 13.1. The van der Waals surface area contributed by atoms with Crippen LogP contribution >= 0.6 is 34.2 Å². The van der Waals surface area contributed by atoms with Gasteiger partial charge in [-0.2, -0.15) is 0 Å². The zero-order valence-corrected chi connectivity index (χ0v) is 20.2. The Balaban J connectivity index is 3.39. The first kappa shape index (κ1) is 25.6. The maximum atomic E-state index is 13.8. The Bertz CT molecular complexity index is 835. The van der Waals surface area contributed by atoms with Gasteiger partial charge in [0.15, 0.2) is 5.78 Å². The average molecular weight is 540 g/mol. The van der Waals surface area contributed by atoms with Crippen LogP contribution < -0.4 is 0 Å². The molecule has 0 aromatic carbocycles. The SMILES string of the molecule is C/C(=C(\C=N)C(=O)N(CC(=O)c1c(C)cc(C)nc1Cl)CC(C)(C)I)C(C)(F)F. The third-order valence-corrected chi connectivity index (χ3v) is 4.82. The average Bonchev–Trinajstić information content (AvgIpc) is 2.51. The van der Waals surface area contributed by atoms with E-state index in [-0.39, 0.29) is 23.8 Å². The van der Waals surface area contributed by atoms with Crippen molar-refractivity contribution in [1.29, 1.82) is 5.41 Å². The summed E-state index contributed by atoms with van der Waals surface area (Å²) in [4.78, 5) is 31.2. The number of halogens is 4. The quantitative estimate of drug-likeness (QED) is 0.123. The van der Waals surface area contributed by atoms with Gasteiger partial charge in [0.05, 0.1) is 17.7 Å². The third-order valence-electron chi connectivity index (χ3n) is 4.21. The van der Waals surface area contributed by atoms with E-state index in [4.69, 9.17) is 17.0 Å². The van der Waals surface area contributed by atoms with Gasteiger partial charge in [0.25, 0.3) is 11.8 Å². The van der Waals surface area contributed by atoms with Crippen LogP contribution in [0.25, 0.3) is 0 Å². The number of nitrogens with one attached hydrogen (secondary N) is 1. The molecule has 1 aromatic rings. The minimum Gasteiger partial charge on any atom is -0.330 e. The van der Waals surface area contributed by atoms with Crippen LogP contribution in [0.3, 0.4) is 0 Å². The maximum Gasteiger partial charge on any atom is 0.267 e. The number of aromatic nitrogens is 1. The number of carbonyl (C=O) groups is 2. The van der Waals surface area contributed by atoms with Crippen LogP contribution in [0.2, 0.25) is 5.15 Å². The first-order valence-electron chi connectivity index (χ1n) is 8.83. The molecule has 160 valence electrons. The molecular weight excluding hydrogens is 515 g/mol. The van der Waals surface area contributed by atoms with Gasteiger partial charge in [-0.15, -0.1) is 0 Å². The van der Waals surface area contributed by atoms with E-state index in [9.17, 15) is 18.4 Å². The number of ketones is 1. The van der Waals surface area contributed by atoms with Gasteiger partial charge in [0.1, 0.15) is 5.15 Å². The van der Waals surface area contributed by atoms with Gasteiger partial charge in [0.2, 0.25) is 0 Å². The molecule has 0 aliphatic heterocycles. The number of aryl methyl sites for hydroxylation is 2. The number of rotatable bonds is 8. The van der Waals surface area contributed by atoms with Crippen molar-refractivity contribution in [3.63, 3.8) is 0 Å². The zero-order chi connectivity index (χ0) is 22.7. The topological polar surface area (TPSA) is 74.1 Å². The lowest BCUT2D eigenvalue weighted by Crippen LogP contribution is -2.44. The number of hydrogen-bond donors (Lipinski definition) is 1. The largest absolute Gasteiger partial charge is 0.330 e. The lowest BCUT2D eigenvalue weighted by atomic mass is 10.0. The van der Waals surface area contributed by atoms with Crippen LogP contribution in [0, 0.1) is 19.3 Å². The summed E-state index contributed by atoms with van der Waals surface area (Å²) >= 11 is 8.25. The van der Waals surface area contributed by atoms with Crippen LogP contribution in [0.4, 0.5) is 8.78 Å². The molecule has 0 aliphatic carbocycles. The van der Waals surface area contributed by atoms with Crippen molar-refractivity contribution in [2.45, 2.75) is 50.9 Å². The molecule has 1 amide bonds. The highest BCUT2D eigenvalue weighted by atomic mass is 127.